The lowest BCUT2D eigenvalue weighted by atomic mass is 10.1. The molecule has 7 heteroatoms. The number of fused-ring (bicyclic) bond motifs is 1. The molecule has 0 aliphatic rings. The van der Waals surface area contributed by atoms with Gasteiger partial charge < -0.3 is 4.52 Å². The number of rotatable bonds is 5. The Balaban J connectivity index is 1.66. The zero-order valence-corrected chi connectivity index (χ0v) is 15.4. The lowest BCUT2D eigenvalue weighted by molar-refractivity contribution is 0.381. The Morgan fingerprint density at radius 2 is 1.70 bits per heavy atom. The van der Waals surface area contributed by atoms with Gasteiger partial charge in [0.1, 0.15) is 0 Å². The first kappa shape index (κ1) is 17.2. The van der Waals surface area contributed by atoms with Crippen molar-refractivity contribution in [3.8, 4) is 0 Å². The second-order valence-corrected chi connectivity index (χ2v) is 7.87. The molecule has 0 spiro atoms. The summed E-state index contributed by atoms with van der Waals surface area (Å²) < 4.78 is 33.6. The minimum Gasteiger partial charge on any atom is -0.339 e. The standard InChI is InChI=1S/C20H17N3O3S/c1-14-21-20(26-22-14)13-17-8-4-5-9-19(17)23-27(24,25)18-11-10-15-6-2-3-7-16(15)12-18/h2-12,23H,13H2,1H3. The molecule has 0 amide bonds. The van der Waals surface area contributed by atoms with Gasteiger partial charge in [0.25, 0.3) is 10.0 Å². The maximum Gasteiger partial charge on any atom is 0.261 e. The highest BCUT2D eigenvalue weighted by Crippen LogP contribution is 2.24. The normalized spacial score (nSPS) is 11.6. The lowest BCUT2D eigenvalue weighted by Gasteiger charge is -2.12. The van der Waals surface area contributed by atoms with Crippen LogP contribution in [0.4, 0.5) is 5.69 Å². The number of hydrogen-bond donors (Lipinski definition) is 1. The molecule has 0 unspecified atom stereocenters. The number of aromatic nitrogens is 2. The highest BCUT2D eigenvalue weighted by molar-refractivity contribution is 7.92. The Labute approximate surface area is 156 Å². The van der Waals surface area contributed by atoms with Gasteiger partial charge in [-0.05, 0) is 41.5 Å². The third-order valence-corrected chi connectivity index (χ3v) is 5.57. The largest absolute Gasteiger partial charge is 0.339 e. The van der Waals surface area contributed by atoms with E-state index in [-0.39, 0.29) is 4.90 Å². The Morgan fingerprint density at radius 3 is 2.48 bits per heavy atom. The number of hydrogen-bond acceptors (Lipinski definition) is 5. The topological polar surface area (TPSA) is 85.1 Å². The van der Waals surface area contributed by atoms with Crippen LogP contribution in [0.15, 0.2) is 76.1 Å². The van der Waals surface area contributed by atoms with Crippen LogP contribution in [0.5, 0.6) is 0 Å². The Hall–Kier alpha value is -3.19. The highest BCUT2D eigenvalue weighted by atomic mass is 32.2. The van der Waals surface area contributed by atoms with E-state index in [1.54, 1.807) is 37.3 Å². The summed E-state index contributed by atoms with van der Waals surface area (Å²) in [7, 11) is -3.73. The van der Waals surface area contributed by atoms with Gasteiger partial charge in [0.05, 0.1) is 17.0 Å². The second-order valence-electron chi connectivity index (χ2n) is 6.18. The number of sulfonamides is 1. The smallest absolute Gasteiger partial charge is 0.261 e. The van der Waals surface area contributed by atoms with Crippen LogP contribution in [-0.2, 0) is 16.4 Å². The molecule has 0 aliphatic heterocycles. The molecular weight excluding hydrogens is 362 g/mol. The maximum absolute atomic E-state index is 12.9. The molecule has 0 saturated heterocycles. The summed E-state index contributed by atoms with van der Waals surface area (Å²) >= 11 is 0. The third kappa shape index (κ3) is 3.68. The van der Waals surface area contributed by atoms with Crippen molar-refractivity contribution in [1.82, 2.24) is 10.1 Å². The number of anilines is 1. The van der Waals surface area contributed by atoms with Gasteiger partial charge in [0.2, 0.25) is 5.89 Å². The molecule has 1 N–H and O–H groups in total. The summed E-state index contributed by atoms with van der Waals surface area (Å²) in [6.45, 7) is 1.74. The van der Waals surface area contributed by atoms with Crippen molar-refractivity contribution in [2.75, 3.05) is 4.72 Å². The van der Waals surface area contributed by atoms with Crippen LogP contribution in [0, 0.1) is 6.92 Å². The van der Waals surface area contributed by atoms with Crippen LogP contribution < -0.4 is 4.72 Å². The Bertz CT molecular complexity index is 1220. The zero-order valence-electron chi connectivity index (χ0n) is 14.6. The molecule has 1 aromatic heterocycles. The maximum atomic E-state index is 12.9. The molecule has 0 aliphatic carbocycles. The molecule has 1 heterocycles. The predicted molar refractivity (Wildman–Crippen MR) is 103 cm³/mol. The number of nitrogens with zero attached hydrogens (tertiary/aromatic N) is 2. The van der Waals surface area contributed by atoms with Gasteiger partial charge in [-0.1, -0.05) is 53.7 Å². The first-order chi connectivity index (χ1) is 13.0. The Kier molecular flexibility index (Phi) is 4.37. The van der Waals surface area contributed by atoms with Crippen molar-refractivity contribution in [2.24, 2.45) is 0 Å². The van der Waals surface area contributed by atoms with E-state index in [1.165, 1.54) is 0 Å². The van der Waals surface area contributed by atoms with E-state index in [1.807, 2.05) is 36.4 Å². The fourth-order valence-corrected chi connectivity index (χ4v) is 4.02. The van der Waals surface area contributed by atoms with Crippen LogP contribution >= 0.6 is 0 Å². The van der Waals surface area contributed by atoms with Crippen LogP contribution in [0.2, 0.25) is 0 Å². The minimum absolute atomic E-state index is 0.213. The molecule has 3 aromatic carbocycles. The van der Waals surface area contributed by atoms with Crippen molar-refractivity contribution in [3.05, 3.63) is 84.0 Å². The van der Waals surface area contributed by atoms with Crippen LogP contribution in [0.25, 0.3) is 10.8 Å². The van der Waals surface area contributed by atoms with Crippen LogP contribution in [0.3, 0.4) is 0 Å². The van der Waals surface area contributed by atoms with Crippen molar-refractivity contribution in [1.29, 1.82) is 0 Å². The number of para-hydroxylation sites is 1. The van der Waals surface area contributed by atoms with Gasteiger partial charge in [0, 0.05) is 0 Å². The molecule has 27 heavy (non-hydrogen) atoms. The van der Waals surface area contributed by atoms with Gasteiger partial charge in [-0.15, -0.1) is 0 Å². The summed E-state index contributed by atoms with van der Waals surface area (Å²) in [6.07, 6.45) is 0.344. The summed E-state index contributed by atoms with van der Waals surface area (Å²) in [5.41, 5.74) is 1.24. The molecule has 0 fully saturated rings. The minimum atomic E-state index is -3.73. The fraction of sp³-hybridized carbons (Fsp3) is 0.100. The van der Waals surface area contributed by atoms with Crippen molar-refractivity contribution >= 4 is 26.5 Å². The lowest BCUT2D eigenvalue weighted by Crippen LogP contribution is -2.14. The van der Waals surface area contributed by atoms with Gasteiger partial charge in [-0.3, -0.25) is 4.72 Å². The molecule has 136 valence electrons. The van der Waals surface area contributed by atoms with Crippen LogP contribution in [-0.4, -0.2) is 18.6 Å². The molecule has 4 rings (SSSR count). The average Bonchev–Trinajstić information content (AvgIpc) is 3.07. The molecule has 0 radical (unpaired) electrons. The molecule has 0 atom stereocenters. The summed E-state index contributed by atoms with van der Waals surface area (Å²) in [5, 5.41) is 5.63. The molecular formula is C20H17N3O3S. The molecule has 6 nitrogen and oxygen atoms in total. The summed E-state index contributed by atoms with van der Waals surface area (Å²) in [5.74, 6) is 0.976. The van der Waals surface area contributed by atoms with Gasteiger partial charge in [-0.25, -0.2) is 8.42 Å². The first-order valence-electron chi connectivity index (χ1n) is 8.40. The average molecular weight is 379 g/mol. The molecule has 0 saturated carbocycles. The number of nitrogens with one attached hydrogen (secondary N) is 1. The van der Waals surface area contributed by atoms with Crippen molar-refractivity contribution in [2.45, 2.75) is 18.2 Å². The second kappa shape index (κ2) is 6.85. The number of benzene rings is 3. The quantitative estimate of drug-likeness (QED) is 0.568. The first-order valence-corrected chi connectivity index (χ1v) is 9.88. The van der Waals surface area contributed by atoms with Gasteiger partial charge >= 0.3 is 0 Å². The SMILES string of the molecule is Cc1noc(Cc2ccccc2NS(=O)(=O)c2ccc3ccccc3c2)n1. The third-order valence-electron chi connectivity index (χ3n) is 4.20. The molecule has 4 aromatic rings. The predicted octanol–water partition coefficient (Wildman–Crippen LogP) is 3.92. The zero-order chi connectivity index (χ0) is 18.9. The van der Waals surface area contributed by atoms with Gasteiger partial charge in [0.15, 0.2) is 5.82 Å². The van der Waals surface area contributed by atoms with E-state index >= 15 is 0 Å². The van der Waals surface area contributed by atoms with E-state index in [0.29, 0.717) is 23.8 Å². The highest BCUT2D eigenvalue weighted by Gasteiger charge is 2.17. The van der Waals surface area contributed by atoms with Crippen molar-refractivity contribution < 1.29 is 12.9 Å². The fourth-order valence-electron chi connectivity index (χ4n) is 2.89. The monoisotopic (exact) mass is 379 g/mol. The van der Waals surface area contributed by atoms with Crippen LogP contribution in [0.1, 0.15) is 17.3 Å². The number of aryl methyl sites for hydroxylation is 1. The van der Waals surface area contributed by atoms with E-state index < -0.39 is 10.0 Å². The summed E-state index contributed by atoms with van der Waals surface area (Å²) in [6, 6.07) is 19.9. The van der Waals surface area contributed by atoms with E-state index in [9.17, 15) is 8.42 Å². The molecule has 0 bridgehead atoms. The van der Waals surface area contributed by atoms with E-state index in [2.05, 4.69) is 14.9 Å². The summed E-state index contributed by atoms with van der Waals surface area (Å²) in [4.78, 5) is 4.39. The van der Waals surface area contributed by atoms with E-state index in [0.717, 1.165) is 16.3 Å². The van der Waals surface area contributed by atoms with Crippen molar-refractivity contribution in [3.63, 3.8) is 0 Å². The Morgan fingerprint density at radius 1 is 0.963 bits per heavy atom. The van der Waals surface area contributed by atoms with Gasteiger partial charge in [-0.2, -0.15) is 4.98 Å². The van der Waals surface area contributed by atoms with E-state index in [4.69, 9.17) is 4.52 Å².